The molecule has 0 saturated carbocycles. The van der Waals surface area contributed by atoms with Crippen LogP contribution in [0.15, 0.2) is 36.4 Å². The number of ether oxygens (including phenoxy) is 1. The van der Waals surface area contributed by atoms with E-state index in [0.29, 0.717) is 12.1 Å². The Morgan fingerprint density at radius 1 is 1.20 bits per heavy atom. The molecule has 1 atom stereocenters. The van der Waals surface area contributed by atoms with Gasteiger partial charge in [0, 0.05) is 12.0 Å². The predicted octanol–water partition coefficient (Wildman–Crippen LogP) is 3.50. The first-order valence-corrected chi connectivity index (χ1v) is 10.3. The van der Waals surface area contributed by atoms with Crippen molar-refractivity contribution in [2.45, 2.75) is 45.1 Å². The molecule has 2 aromatic carbocycles. The van der Waals surface area contributed by atoms with Gasteiger partial charge in [-0.05, 0) is 35.6 Å². The van der Waals surface area contributed by atoms with Crippen molar-refractivity contribution < 1.29 is 19.7 Å². The second-order valence-corrected chi connectivity index (χ2v) is 8.54. The maximum Gasteiger partial charge on any atom is 0.306 e. The van der Waals surface area contributed by atoms with Crippen LogP contribution in [0.2, 0.25) is 0 Å². The minimum absolute atomic E-state index is 0.00870. The van der Waals surface area contributed by atoms with Crippen LogP contribution in [0.25, 0.3) is 16.7 Å². The molecule has 0 radical (unpaired) electrons. The van der Waals surface area contributed by atoms with E-state index >= 15 is 0 Å². The fourth-order valence-corrected chi connectivity index (χ4v) is 3.15. The van der Waals surface area contributed by atoms with E-state index in [1.807, 2.05) is 51.1 Å². The Morgan fingerprint density at radius 2 is 1.83 bits per heavy atom. The molecule has 8 heteroatoms. The van der Waals surface area contributed by atoms with Gasteiger partial charge in [-0.2, -0.15) is 0 Å². The Labute approximate surface area is 180 Å². The van der Waals surface area contributed by atoms with Crippen molar-refractivity contribution in [1.82, 2.24) is 15.0 Å². The fourth-order valence-electron chi connectivity index (χ4n) is 3.07. The van der Waals surface area contributed by atoms with E-state index in [0.717, 1.165) is 22.2 Å². The van der Waals surface area contributed by atoms with Gasteiger partial charge in [0.05, 0.1) is 5.88 Å². The summed E-state index contributed by atoms with van der Waals surface area (Å²) in [5.74, 6) is -0.303. The van der Waals surface area contributed by atoms with E-state index in [2.05, 4.69) is 10.2 Å². The number of carbonyl (C=O) groups excluding carboxylic acids is 1. The first kappa shape index (κ1) is 22.1. The number of aryl methyl sites for hydroxylation is 1. The molecule has 3 aromatic rings. The molecule has 0 spiro atoms. The number of aliphatic hydroxyl groups is 1. The number of phenols is 1. The van der Waals surface area contributed by atoms with Gasteiger partial charge in [-0.15, -0.1) is 26.6 Å². The lowest BCUT2D eigenvalue weighted by atomic mass is 9.84. The maximum absolute atomic E-state index is 12.0. The van der Waals surface area contributed by atoms with Gasteiger partial charge in [0.1, 0.15) is 35.2 Å². The van der Waals surface area contributed by atoms with E-state index in [4.69, 9.17) is 16.3 Å². The number of hydrogen-bond acceptors (Lipinski definition) is 6. The molecule has 1 aromatic heterocycles. The molecule has 0 bridgehead atoms. The van der Waals surface area contributed by atoms with Crippen LogP contribution < -0.4 is 0 Å². The molecule has 0 fully saturated rings. The third-order valence-electron chi connectivity index (χ3n) is 4.69. The molecule has 7 nitrogen and oxygen atoms in total. The maximum atomic E-state index is 12.0. The molecule has 1 unspecified atom stereocenters. The largest absolute Gasteiger partial charge is 0.505 e. The fraction of sp³-hybridized carbons (Fsp3) is 0.409. The average Bonchev–Trinajstić information content (AvgIpc) is 3.14. The van der Waals surface area contributed by atoms with E-state index in [1.165, 1.54) is 4.80 Å². The summed E-state index contributed by atoms with van der Waals surface area (Å²) in [6, 6.07) is 11.1. The molecule has 1 heterocycles. The third kappa shape index (κ3) is 5.09. The summed E-state index contributed by atoms with van der Waals surface area (Å²) in [5, 5.41) is 29.3. The summed E-state index contributed by atoms with van der Waals surface area (Å²) in [6.07, 6.45) is -0.326. The summed E-state index contributed by atoms with van der Waals surface area (Å²) in [4.78, 5) is 13.4. The van der Waals surface area contributed by atoms with Crippen LogP contribution in [0, 0.1) is 0 Å². The van der Waals surface area contributed by atoms with Crippen molar-refractivity contribution in [2.24, 2.45) is 0 Å². The second-order valence-electron chi connectivity index (χ2n) is 8.23. The highest BCUT2D eigenvalue weighted by atomic mass is 35.5. The lowest BCUT2D eigenvalue weighted by molar-refractivity contribution is -0.146. The highest BCUT2D eigenvalue weighted by Crippen LogP contribution is 2.36. The number of carbonyl (C=O) groups is 1. The molecule has 0 aliphatic rings. The molecule has 0 saturated heterocycles. The number of fused-ring (bicyclic) bond motifs is 1. The Bertz CT molecular complexity index is 1010. The van der Waals surface area contributed by atoms with Gasteiger partial charge in [-0.3, -0.25) is 4.79 Å². The first-order valence-electron chi connectivity index (χ1n) is 9.77. The number of esters is 1. The monoisotopic (exact) mass is 431 g/mol. The van der Waals surface area contributed by atoms with Crippen LogP contribution in [-0.4, -0.2) is 49.8 Å². The zero-order valence-electron chi connectivity index (χ0n) is 17.3. The van der Waals surface area contributed by atoms with Crippen LogP contribution >= 0.6 is 11.6 Å². The van der Waals surface area contributed by atoms with Crippen molar-refractivity contribution in [1.29, 1.82) is 0 Å². The van der Waals surface area contributed by atoms with Gasteiger partial charge in [0.15, 0.2) is 0 Å². The summed E-state index contributed by atoms with van der Waals surface area (Å²) < 4.78 is 5.04. The molecule has 0 aliphatic heterocycles. The zero-order chi connectivity index (χ0) is 21.9. The van der Waals surface area contributed by atoms with Crippen molar-refractivity contribution in [3.05, 3.63) is 47.5 Å². The number of nitrogens with zero attached hydrogens (tertiary/aromatic N) is 3. The number of rotatable bonds is 7. The van der Waals surface area contributed by atoms with Gasteiger partial charge in [0.2, 0.25) is 0 Å². The van der Waals surface area contributed by atoms with Crippen LogP contribution in [0.4, 0.5) is 0 Å². The highest BCUT2D eigenvalue weighted by molar-refractivity contribution is 6.18. The van der Waals surface area contributed by atoms with Crippen molar-refractivity contribution in [3.8, 4) is 11.4 Å². The van der Waals surface area contributed by atoms with Crippen molar-refractivity contribution >= 4 is 28.6 Å². The van der Waals surface area contributed by atoms with Gasteiger partial charge < -0.3 is 14.9 Å². The van der Waals surface area contributed by atoms with Crippen molar-refractivity contribution in [3.63, 3.8) is 0 Å². The van der Waals surface area contributed by atoms with Gasteiger partial charge in [-0.1, -0.05) is 39.0 Å². The number of aromatic hydroxyl groups is 1. The Morgan fingerprint density at radius 3 is 2.40 bits per heavy atom. The molecule has 2 N–H and O–H groups in total. The van der Waals surface area contributed by atoms with Crippen LogP contribution in [-0.2, 0) is 21.4 Å². The summed E-state index contributed by atoms with van der Waals surface area (Å²) in [5.41, 5.74) is 3.17. The summed E-state index contributed by atoms with van der Waals surface area (Å²) in [7, 11) is 0. The molecular formula is C22H26ClN3O4. The quantitative estimate of drug-likeness (QED) is 0.439. The molecule has 0 aliphatic carbocycles. The van der Waals surface area contributed by atoms with Gasteiger partial charge >= 0.3 is 5.97 Å². The molecular weight excluding hydrogens is 406 g/mol. The van der Waals surface area contributed by atoms with Crippen LogP contribution in [0.3, 0.4) is 0 Å². The number of aliphatic hydroxyl groups excluding tert-OH is 1. The first-order chi connectivity index (χ1) is 14.2. The number of benzene rings is 2. The molecule has 30 heavy (non-hydrogen) atoms. The SMILES string of the molecule is CC(C)(C)c1cc(CCC(=O)OCC(O)CCl)cc(-n2nc3ccccc3n2)c1O. The summed E-state index contributed by atoms with van der Waals surface area (Å²) >= 11 is 5.51. The Hall–Kier alpha value is -2.64. The van der Waals surface area contributed by atoms with E-state index in [-0.39, 0.29) is 30.1 Å². The minimum atomic E-state index is -0.872. The van der Waals surface area contributed by atoms with E-state index in [1.54, 1.807) is 6.07 Å². The predicted molar refractivity (Wildman–Crippen MR) is 115 cm³/mol. The Kier molecular flexibility index (Phi) is 6.63. The second kappa shape index (κ2) is 9.02. The Balaban J connectivity index is 1.90. The topological polar surface area (TPSA) is 97.5 Å². The average molecular weight is 432 g/mol. The molecule has 0 amide bonds. The molecule has 3 rings (SSSR count). The van der Waals surface area contributed by atoms with E-state index in [9.17, 15) is 15.0 Å². The lowest BCUT2D eigenvalue weighted by Crippen LogP contribution is -2.20. The normalized spacial score (nSPS) is 12.8. The number of phenolic OH excluding ortho intramolecular Hbond substituents is 1. The zero-order valence-corrected chi connectivity index (χ0v) is 18.1. The standard InChI is InChI=1S/C22H26ClN3O4/c1-22(2,3)16-10-14(8-9-20(28)30-13-15(27)12-23)11-19(21(16)29)26-24-17-6-4-5-7-18(17)25-26/h4-7,10-11,15,27,29H,8-9,12-13H2,1-3H3. The van der Waals surface area contributed by atoms with Crippen LogP contribution in [0.1, 0.15) is 38.3 Å². The van der Waals surface area contributed by atoms with E-state index < -0.39 is 12.1 Å². The number of aromatic nitrogens is 3. The number of hydrogen-bond donors (Lipinski definition) is 2. The summed E-state index contributed by atoms with van der Waals surface area (Å²) in [6.45, 7) is 5.89. The lowest BCUT2D eigenvalue weighted by Gasteiger charge is -2.23. The van der Waals surface area contributed by atoms with Crippen LogP contribution in [0.5, 0.6) is 5.75 Å². The number of halogens is 1. The smallest absolute Gasteiger partial charge is 0.306 e. The van der Waals surface area contributed by atoms with Gasteiger partial charge in [-0.25, -0.2) is 0 Å². The number of alkyl halides is 1. The highest BCUT2D eigenvalue weighted by Gasteiger charge is 2.23. The van der Waals surface area contributed by atoms with Crippen molar-refractivity contribution in [2.75, 3.05) is 12.5 Å². The minimum Gasteiger partial charge on any atom is -0.505 e. The van der Waals surface area contributed by atoms with Gasteiger partial charge in [0.25, 0.3) is 0 Å². The molecule has 160 valence electrons. The third-order valence-corrected chi connectivity index (χ3v) is 5.05.